The molecule has 0 saturated carbocycles. The van der Waals surface area contributed by atoms with Gasteiger partial charge in [0.05, 0.1) is 14.7 Å². The van der Waals surface area contributed by atoms with Crippen molar-refractivity contribution in [3.05, 3.63) is 25.9 Å². The van der Waals surface area contributed by atoms with E-state index >= 15 is 0 Å². The molecule has 92 valence electrons. The van der Waals surface area contributed by atoms with Crippen molar-refractivity contribution < 1.29 is 9.72 Å². The lowest BCUT2D eigenvalue weighted by Crippen LogP contribution is -2.35. The molecule has 1 unspecified atom stereocenters. The van der Waals surface area contributed by atoms with Crippen LogP contribution < -0.4 is 10.6 Å². The molecule has 1 fully saturated rings. The minimum Gasteiger partial charge on any atom is -0.347 e. The van der Waals surface area contributed by atoms with Crippen molar-refractivity contribution in [2.24, 2.45) is 0 Å². The Hall–Kier alpha value is -1.47. The summed E-state index contributed by atoms with van der Waals surface area (Å²) in [6, 6.07) is 1.47. The summed E-state index contributed by atoms with van der Waals surface area (Å²) in [4.78, 5) is 23.0. The van der Waals surface area contributed by atoms with Gasteiger partial charge in [-0.15, -0.1) is 11.3 Å². The van der Waals surface area contributed by atoms with Gasteiger partial charge in [-0.25, -0.2) is 0 Å². The van der Waals surface area contributed by atoms with Gasteiger partial charge < -0.3 is 10.6 Å². The lowest BCUT2D eigenvalue weighted by atomic mass is 10.2. The Morgan fingerprint density at radius 1 is 1.71 bits per heavy atom. The molecular weight excluding hydrogens is 242 g/mol. The molecule has 0 spiro atoms. The van der Waals surface area contributed by atoms with Crippen LogP contribution in [0.15, 0.2) is 6.07 Å². The van der Waals surface area contributed by atoms with Crippen LogP contribution in [0.2, 0.25) is 0 Å². The van der Waals surface area contributed by atoms with Crippen LogP contribution >= 0.6 is 11.3 Å². The predicted octanol–water partition coefficient (Wildman–Crippen LogP) is 1.06. The highest BCUT2D eigenvalue weighted by Gasteiger charge is 2.22. The molecule has 1 aliphatic heterocycles. The second-order valence-electron chi connectivity index (χ2n) is 3.97. The maximum absolute atomic E-state index is 11.8. The largest absolute Gasteiger partial charge is 0.347 e. The molecule has 1 saturated heterocycles. The van der Waals surface area contributed by atoms with Crippen LogP contribution in [0.4, 0.5) is 5.69 Å². The molecule has 0 bridgehead atoms. The highest BCUT2D eigenvalue weighted by atomic mass is 32.1. The van der Waals surface area contributed by atoms with E-state index in [9.17, 15) is 14.9 Å². The zero-order valence-electron chi connectivity index (χ0n) is 9.36. The zero-order valence-corrected chi connectivity index (χ0v) is 10.2. The molecular formula is C10H13N3O3S. The number of aryl methyl sites for hydroxylation is 1. The van der Waals surface area contributed by atoms with E-state index < -0.39 is 4.92 Å². The fraction of sp³-hybridized carbons (Fsp3) is 0.500. The van der Waals surface area contributed by atoms with E-state index in [2.05, 4.69) is 10.6 Å². The first-order valence-corrected chi connectivity index (χ1v) is 6.16. The average Bonchev–Trinajstić information content (AvgIpc) is 2.86. The predicted molar refractivity (Wildman–Crippen MR) is 64.5 cm³/mol. The average molecular weight is 255 g/mol. The van der Waals surface area contributed by atoms with E-state index in [1.807, 2.05) is 0 Å². The van der Waals surface area contributed by atoms with Gasteiger partial charge in [0, 0.05) is 18.7 Å². The molecule has 2 N–H and O–H groups in total. The van der Waals surface area contributed by atoms with E-state index in [1.54, 1.807) is 6.92 Å². The van der Waals surface area contributed by atoms with Crippen LogP contribution in [0.3, 0.4) is 0 Å². The van der Waals surface area contributed by atoms with Crippen molar-refractivity contribution >= 4 is 22.9 Å². The summed E-state index contributed by atoms with van der Waals surface area (Å²) in [5, 5.41) is 16.7. The van der Waals surface area contributed by atoms with E-state index in [0.29, 0.717) is 9.75 Å². The molecule has 1 aromatic rings. The standard InChI is InChI=1S/C10H13N3O3S/c1-6-8(13(15)16)4-9(17-6)10(14)12-7-2-3-11-5-7/h4,7,11H,2-3,5H2,1H3,(H,12,14). The minimum atomic E-state index is -0.459. The van der Waals surface area contributed by atoms with Crippen molar-refractivity contribution in [2.75, 3.05) is 13.1 Å². The molecule has 2 heterocycles. The van der Waals surface area contributed by atoms with Crippen molar-refractivity contribution in [1.29, 1.82) is 0 Å². The molecule has 2 rings (SSSR count). The molecule has 7 heteroatoms. The van der Waals surface area contributed by atoms with Gasteiger partial charge >= 0.3 is 0 Å². The van der Waals surface area contributed by atoms with Crippen LogP contribution in [0.5, 0.6) is 0 Å². The monoisotopic (exact) mass is 255 g/mol. The number of rotatable bonds is 3. The fourth-order valence-corrected chi connectivity index (χ4v) is 2.69. The summed E-state index contributed by atoms with van der Waals surface area (Å²) in [6.45, 7) is 3.31. The smallest absolute Gasteiger partial charge is 0.283 e. The second kappa shape index (κ2) is 4.80. The van der Waals surface area contributed by atoms with E-state index in [-0.39, 0.29) is 17.6 Å². The summed E-state index contributed by atoms with van der Waals surface area (Å²) >= 11 is 1.16. The zero-order chi connectivity index (χ0) is 12.4. The van der Waals surface area contributed by atoms with Crippen molar-refractivity contribution in [3.63, 3.8) is 0 Å². The lowest BCUT2D eigenvalue weighted by Gasteiger charge is -2.09. The number of carbonyl (C=O) groups is 1. The van der Waals surface area contributed by atoms with Gasteiger partial charge in [0.2, 0.25) is 0 Å². The third kappa shape index (κ3) is 2.62. The van der Waals surface area contributed by atoms with E-state index in [0.717, 1.165) is 30.8 Å². The van der Waals surface area contributed by atoms with Crippen LogP contribution in [-0.4, -0.2) is 30.0 Å². The highest BCUT2D eigenvalue weighted by molar-refractivity contribution is 7.14. The van der Waals surface area contributed by atoms with Gasteiger partial charge in [0.25, 0.3) is 11.6 Å². The number of hydrogen-bond acceptors (Lipinski definition) is 5. The second-order valence-corrected chi connectivity index (χ2v) is 5.23. The first-order valence-electron chi connectivity index (χ1n) is 5.34. The van der Waals surface area contributed by atoms with Gasteiger partial charge in [-0.2, -0.15) is 0 Å². The SMILES string of the molecule is Cc1sc(C(=O)NC2CCNC2)cc1[N+](=O)[O-]. The number of nitro groups is 1. The summed E-state index contributed by atoms with van der Waals surface area (Å²) in [5.74, 6) is -0.222. The Labute approximate surface area is 102 Å². The molecule has 0 aromatic carbocycles. The minimum absolute atomic E-state index is 0.0182. The number of hydrogen-bond donors (Lipinski definition) is 2. The Kier molecular flexibility index (Phi) is 3.39. The van der Waals surface area contributed by atoms with Crippen LogP contribution in [0, 0.1) is 17.0 Å². The quantitative estimate of drug-likeness (QED) is 0.624. The maximum Gasteiger partial charge on any atom is 0.283 e. The summed E-state index contributed by atoms with van der Waals surface area (Å²) in [5.41, 5.74) is 0.0182. The number of amides is 1. The van der Waals surface area contributed by atoms with Gasteiger partial charge in [0.1, 0.15) is 0 Å². The highest BCUT2D eigenvalue weighted by Crippen LogP contribution is 2.27. The molecule has 1 aliphatic rings. The summed E-state index contributed by atoms with van der Waals surface area (Å²) in [6.07, 6.45) is 0.901. The number of carbonyl (C=O) groups excluding carboxylic acids is 1. The third-order valence-corrected chi connectivity index (χ3v) is 3.75. The molecule has 1 aromatic heterocycles. The third-order valence-electron chi connectivity index (χ3n) is 2.71. The first kappa shape index (κ1) is 12.0. The number of nitrogens with zero attached hydrogens (tertiary/aromatic N) is 1. The van der Waals surface area contributed by atoms with E-state index in [1.165, 1.54) is 6.07 Å². The van der Waals surface area contributed by atoms with Gasteiger partial charge in [0.15, 0.2) is 0 Å². The maximum atomic E-state index is 11.8. The summed E-state index contributed by atoms with van der Waals surface area (Å²) < 4.78 is 0. The Bertz CT molecular complexity index is 452. The Balaban J connectivity index is 2.08. The number of nitrogens with one attached hydrogen (secondary N) is 2. The molecule has 1 amide bonds. The van der Waals surface area contributed by atoms with Crippen molar-refractivity contribution in [3.8, 4) is 0 Å². The van der Waals surface area contributed by atoms with Gasteiger partial charge in [-0.1, -0.05) is 0 Å². The van der Waals surface area contributed by atoms with Crippen LogP contribution in [0.1, 0.15) is 21.0 Å². The molecule has 6 nitrogen and oxygen atoms in total. The van der Waals surface area contributed by atoms with Gasteiger partial charge in [-0.3, -0.25) is 14.9 Å². The Morgan fingerprint density at radius 3 is 3.00 bits per heavy atom. The number of thiophene rings is 1. The fourth-order valence-electron chi connectivity index (χ4n) is 1.80. The molecule has 0 aliphatic carbocycles. The molecule has 17 heavy (non-hydrogen) atoms. The summed E-state index contributed by atoms with van der Waals surface area (Å²) in [7, 11) is 0. The van der Waals surface area contributed by atoms with Crippen molar-refractivity contribution in [2.45, 2.75) is 19.4 Å². The molecule has 1 atom stereocenters. The van der Waals surface area contributed by atoms with Crippen LogP contribution in [-0.2, 0) is 0 Å². The van der Waals surface area contributed by atoms with Gasteiger partial charge in [-0.05, 0) is 19.9 Å². The van der Waals surface area contributed by atoms with Crippen LogP contribution in [0.25, 0.3) is 0 Å². The normalized spacial score (nSPS) is 19.2. The lowest BCUT2D eigenvalue weighted by molar-refractivity contribution is -0.385. The van der Waals surface area contributed by atoms with Crippen molar-refractivity contribution in [1.82, 2.24) is 10.6 Å². The molecule has 0 radical (unpaired) electrons. The Morgan fingerprint density at radius 2 is 2.47 bits per heavy atom. The topological polar surface area (TPSA) is 84.3 Å². The van der Waals surface area contributed by atoms with E-state index in [4.69, 9.17) is 0 Å². The first-order chi connectivity index (χ1) is 8.08.